The van der Waals surface area contributed by atoms with Crippen molar-refractivity contribution in [2.45, 2.75) is 4.90 Å². The highest BCUT2D eigenvalue weighted by Gasteiger charge is 2.26. The molecule has 5 nitrogen and oxygen atoms in total. The summed E-state index contributed by atoms with van der Waals surface area (Å²) in [4.78, 5) is 24.5. The van der Waals surface area contributed by atoms with Crippen LogP contribution in [0.1, 0.15) is 16.1 Å². The van der Waals surface area contributed by atoms with Crippen LogP contribution in [-0.2, 0) is 0 Å². The molecule has 0 spiro atoms. The number of hydrogen-bond acceptors (Lipinski definition) is 5. The number of allylic oxidation sites excluding steroid dienone is 1. The first-order valence-corrected chi connectivity index (χ1v) is 10.1. The number of non-ortho nitro benzene ring substituents is 1. The van der Waals surface area contributed by atoms with Crippen molar-refractivity contribution >= 4 is 61.2 Å². The number of halogens is 2. The third-order valence-electron chi connectivity index (χ3n) is 3.96. The van der Waals surface area contributed by atoms with Crippen LogP contribution in [0.4, 0.5) is 5.69 Å². The Morgan fingerprint density at radius 2 is 1.78 bits per heavy atom. The highest BCUT2D eigenvalue weighted by Crippen LogP contribution is 2.42. The van der Waals surface area contributed by atoms with E-state index in [1.54, 1.807) is 18.2 Å². The summed E-state index contributed by atoms with van der Waals surface area (Å²) in [6.45, 7) is 0. The molecule has 0 fully saturated rings. The molecule has 1 aliphatic heterocycles. The molecule has 0 radical (unpaired) electrons. The number of furan rings is 1. The third-order valence-corrected chi connectivity index (χ3v) is 6.31. The zero-order valence-electron chi connectivity index (χ0n) is 13.4. The highest BCUT2D eigenvalue weighted by molar-refractivity contribution is 9.11. The van der Waals surface area contributed by atoms with Gasteiger partial charge in [0.05, 0.1) is 9.83 Å². The van der Waals surface area contributed by atoms with Crippen LogP contribution in [0.2, 0.25) is 0 Å². The number of benzene rings is 2. The van der Waals surface area contributed by atoms with Crippen LogP contribution >= 0.6 is 43.6 Å². The van der Waals surface area contributed by atoms with Gasteiger partial charge in [0.2, 0.25) is 5.78 Å². The standard InChI is InChI=1S/C19H9Br2NO4S/c20-13-7-10(22(24)25)8-14(21)18(13)15-6-5-11(26-15)9-17-19(23)12-3-1-2-4-16(12)27-17/h1-9H. The van der Waals surface area contributed by atoms with E-state index >= 15 is 0 Å². The molecule has 2 heterocycles. The van der Waals surface area contributed by atoms with Gasteiger partial charge in [-0.1, -0.05) is 23.9 Å². The van der Waals surface area contributed by atoms with Gasteiger partial charge in [0.1, 0.15) is 11.5 Å². The molecule has 2 aromatic carbocycles. The summed E-state index contributed by atoms with van der Waals surface area (Å²) in [5.74, 6) is 1.04. The second-order valence-electron chi connectivity index (χ2n) is 5.68. The molecule has 0 amide bonds. The molecule has 0 N–H and O–H groups in total. The fraction of sp³-hybridized carbons (Fsp3) is 0. The molecule has 0 saturated carbocycles. The smallest absolute Gasteiger partial charge is 0.271 e. The van der Waals surface area contributed by atoms with Crippen molar-refractivity contribution < 1.29 is 14.1 Å². The first-order valence-electron chi connectivity index (χ1n) is 7.71. The first-order chi connectivity index (χ1) is 12.9. The second-order valence-corrected chi connectivity index (χ2v) is 8.47. The first kappa shape index (κ1) is 18.2. The summed E-state index contributed by atoms with van der Waals surface area (Å²) in [5, 5.41) is 11.0. The van der Waals surface area contributed by atoms with E-state index in [4.69, 9.17) is 4.42 Å². The molecule has 134 valence electrons. The van der Waals surface area contributed by atoms with Gasteiger partial charge in [-0.3, -0.25) is 14.9 Å². The topological polar surface area (TPSA) is 73.3 Å². The molecule has 4 rings (SSSR count). The quantitative estimate of drug-likeness (QED) is 0.224. The Hall–Kier alpha value is -2.16. The number of fused-ring (bicyclic) bond motifs is 1. The van der Waals surface area contributed by atoms with E-state index in [1.807, 2.05) is 24.3 Å². The van der Waals surface area contributed by atoms with Crippen LogP contribution in [0.15, 0.2) is 71.7 Å². The number of Topliss-reactive ketones (excluding diaryl/α,β-unsaturated/α-hetero) is 1. The Bertz CT molecular complexity index is 1110. The van der Waals surface area contributed by atoms with Crippen LogP contribution in [0.5, 0.6) is 0 Å². The van der Waals surface area contributed by atoms with Crippen molar-refractivity contribution in [3.05, 3.63) is 83.8 Å². The Labute approximate surface area is 174 Å². The molecular weight excluding hydrogens is 498 g/mol. The number of carbonyl (C=O) groups excluding carboxylic acids is 1. The minimum absolute atomic E-state index is 0.0220. The number of thioether (sulfide) groups is 1. The molecule has 0 bridgehead atoms. The molecule has 0 atom stereocenters. The molecule has 0 aliphatic carbocycles. The van der Waals surface area contributed by atoms with Gasteiger partial charge in [0.25, 0.3) is 5.69 Å². The van der Waals surface area contributed by atoms with Crippen LogP contribution in [0, 0.1) is 10.1 Å². The Balaban J connectivity index is 1.68. The van der Waals surface area contributed by atoms with E-state index in [0.29, 0.717) is 36.5 Å². The van der Waals surface area contributed by atoms with Gasteiger partial charge in [0, 0.05) is 37.1 Å². The molecule has 8 heteroatoms. The number of ketones is 1. The summed E-state index contributed by atoms with van der Waals surface area (Å²) < 4.78 is 6.94. The summed E-state index contributed by atoms with van der Waals surface area (Å²) >= 11 is 8.14. The molecule has 0 saturated heterocycles. The Morgan fingerprint density at radius 3 is 2.44 bits per heavy atom. The summed E-state index contributed by atoms with van der Waals surface area (Å²) in [6, 6.07) is 13.8. The van der Waals surface area contributed by atoms with Crippen LogP contribution in [0.25, 0.3) is 17.4 Å². The average Bonchev–Trinajstić information content (AvgIpc) is 3.20. The molecule has 1 aliphatic rings. The van der Waals surface area contributed by atoms with Crippen molar-refractivity contribution in [1.82, 2.24) is 0 Å². The monoisotopic (exact) mass is 505 g/mol. The lowest BCUT2D eigenvalue weighted by molar-refractivity contribution is -0.385. The average molecular weight is 507 g/mol. The SMILES string of the molecule is O=C1C(=Cc2ccc(-c3c(Br)cc([N+](=O)[O-])cc3Br)o2)Sc2ccccc21. The van der Waals surface area contributed by atoms with Gasteiger partial charge >= 0.3 is 0 Å². The number of nitro benzene ring substituents is 1. The fourth-order valence-corrected chi connectivity index (χ4v) is 5.32. The minimum atomic E-state index is -0.460. The van der Waals surface area contributed by atoms with Crippen molar-refractivity contribution in [1.29, 1.82) is 0 Å². The number of nitro groups is 1. The van der Waals surface area contributed by atoms with Gasteiger partial charge in [-0.05, 0) is 62.2 Å². The molecular formula is C19H9Br2NO4S. The van der Waals surface area contributed by atoms with Gasteiger partial charge in [-0.15, -0.1) is 0 Å². The molecule has 0 unspecified atom stereocenters. The van der Waals surface area contributed by atoms with Gasteiger partial charge < -0.3 is 4.42 Å². The lowest BCUT2D eigenvalue weighted by Gasteiger charge is -2.04. The van der Waals surface area contributed by atoms with Crippen molar-refractivity contribution in [2.24, 2.45) is 0 Å². The van der Waals surface area contributed by atoms with Crippen molar-refractivity contribution in [2.75, 3.05) is 0 Å². The van der Waals surface area contributed by atoms with Gasteiger partial charge in [0.15, 0.2) is 0 Å². The summed E-state index contributed by atoms with van der Waals surface area (Å²) in [7, 11) is 0. The molecule has 1 aromatic heterocycles. The largest absolute Gasteiger partial charge is 0.457 e. The van der Waals surface area contributed by atoms with Crippen LogP contribution < -0.4 is 0 Å². The third kappa shape index (κ3) is 3.40. The van der Waals surface area contributed by atoms with Crippen molar-refractivity contribution in [3.8, 4) is 11.3 Å². The number of nitrogens with zero attached hydrogens (tertiary/aromatic N) is 1. The lowest BCUT2D eigenvalue weighted by Crippen LogP contribution is -1.93. The maximum atomic E-state index is 12.5. The van der Waals surface area contributed by atoms with Gasteiger partial charge in [-0.2, -0.15) is 0 Å². The van der Waals surface area contributed by atoms with E-state index in [2.05, 4.69) is 31.9 Å². The van der Waals surface area contributed by atoms with E-state index < -0.39 is 4.92 Å². The number of hydrogen-bond donors (Lipinski definition) is 0. The summed E-state index contributed by atoms with van der Waals surface area (Å²) in [5.41, 5.74) is 1.33. The van der Waals surface area contributed by atoms with E-state index in [-0.39, 0.29) is 11.5 Å². The van der Waals surface area contributed by atoms with Crippen molar-refractivity contribution in [3.63, 3.8) is 0 Å². The maximum absolute atomic E-state index is 12.5. The highest BCUT2D eigenvalue weighted by atomic mass is 79.9. The van der Waals surface area contributed by atoms with E-state index in [0.717, 1.165) is 4.90 Å². The van der Waals surface area contributed by atoms with E-state index in [9.17, 15) is 14.9 Å². The second kappa shape index (κ2) is 7.10. The van der Waals surface area contributed by atoms with E-state index in [1.165, 1.54) is 23.9 Å². The summed E-state index contributed by atoms with van der Waals surface area (Å²) in [6.07, 6.45) is 1.71. The predicted octanol–water partition coefficient (Wildman–Crippen LogP) is 6.71. The minimum Gasteiger partial charge on any atom is -0.457 e. The fourth-order valence-electron chi connectivity index (χ4n) is 2.73. The van der Waals surface area contributed by atoms with Crippen LogP contribution in [-0.4, -0.2) is 10.7 Å². The Kier molecular flexibility index (Phi) is 4.79. The molecule has 3 aromatic rings. The lowest BCUT2D eigenvalue weighted by atomic mass is 10.1. The number of carbonyl (C=O) groups is 1. The Morgan fingerprint density at radius 1 is 1.07 bits per heavy atom. The number of rotatable bonds is 3. The molecule has 27 heavy (non-hydrogen) atoms. The maximum Gasteiger partial charge on any atom is 0.271 e. The predicted molar refractivity (Wildman–Crippen MR) is 111 cm³/mol. The normalized spacial score (nSPS) is 14.6. The van der Waals surface area contributed by atoms with Gasteiger partial charge in [-0.25, -0.2) is 0 Å². The zero-order valence-corrected chi connectivity index (χ0v) is 17.4. The van der Waals surface area contributed by atoms with Crippen LogP contribution in [0.3, 0.4) is 0 Å². The zero-order chi connectivity index (χ0) is 19.1.